The van der Waals surface area contributed by atoms with Crippen LogP contribution in [0.25, 0.3) is 5.65 Å². The molecule has 2 aliphatic rings. The van der Waals surface area contributed by atoms with Crippen molar-refractivity contribution in [2.75, 3.05) is 40.1 Å². The van der Waals surface area contributed by atoms with Crippen molar-refractivity contribution in [3.63, 3.8) is 0 Å². The maximum atomic E-state index is 11.4. The number of nitrogens with one attached hydrogen (secondary N) is 3. The number of aliphatic hydroxyl groups is 1. The number of fused-ring (bicyclic) bond motifs is 1. The van der Waals surface area contributed by atoms with Gasteiger partial charge < -0.3 is 37.4 Å². The number of halogens is 1. The molecular formula is C20H25ClN10O2. The number of hydrogen-bond donors (Lipinski definition) is 6. The van der Waals surface area contributed by atoms with Gasteiger partial charge in [0.05, 0.1) is 34.7 Å². The molecule has 1 saturated heterocycles. The molecule has 3 heterocycles. The zero-order valence-corrected chi connectivity index (χ0v) is 18.7. The molecule has 1 saturated carbocycles. The molecule has 1 aliphatic heterocycles. The van der Waals surface area contributed by atoms with E-state index in [-0.39, 0.29) is 11.9 Å². The Morgan fingerprint density at radius 1 is 1.27 bits per heavy atom. The number of benzene rings is 1. The number of nitrogens with two attached hydrogens (primary N) is 2. The molecule has 2 fully saturated rings. The van der Waals surface area contributed by atoms with Crippen LogP contribution in [0.3, 0.4) is 0 Å². The Bertz CT molecular complexity index is 1230. The fourth-order valence-electron chi connectivity index (χ4n) is 3.93. The molecule has 1 aromatic carbocycles. The third-order valence-electron chi connectivity index (χ3n) is 5.65. The normalized spacial score (nSPS) is 20.3. The Hall–Kier alpha value is -3.51. The van der Waals surface area contributed by atoms with Crippen molar-refractivity contribution in [1.29, 1.82) is 0 Å². The highest BCUT2D eigenvalue weighted by atomic mass is 35.5. The van der Waals surface area contributed by atoms with Crippen LogP contribution >= 0.6 is 11.6 Å². The summed E-state index contributed by atoms with van der Waals surface area (Å²) in [5.41, 5.74) is 14.3. The van der Waals surface area contributed by atoms with E-state index in [1.165, 1.54) is 17.6 Å². The van der Waals surface area contributed by atoms with Crippen LogP contribution in [0.4, 0.5) is 34.6 Å². The van der Waals surface area contributed by atoms with Crippen LogP contribution in [-0.4, -0.2) is 61.9 Å². The summed E-state index contributed by atoms with van der Waals surface area (Å²) in [6.45, 7) is 2.12. The number of aromatic nitrogens is 4. The van der Waals surface area contributed by atoms with Crippen molar-refractivity contribution in [2.45, 2.75) is 38.0 Å². The second-order valence-corrected chi connectivity index (χ2v) is 8.80. The molecule has 0 bridgehead atoms. The van der Waals surface area contributed by atoms with Crippen LogP contribution in [0.2, 0.25) is 5.02 Å². The Morgan fingerprint density at radius 3 is 2.79 bits per heavy atom. The van der Waals surface area contributed by atoms with Crippen LogP contribution in [0.5, 0.6) is 0 Å². The van der Waals surface area contributed by atoms with Crippen molar-refractivity contribution in [2.24, 2.45) is 0 Å². The van der Waals surface area contributed by atoms with Gasteiger partial charge in [-0.15, -0.1) is 5.10 Å². The molecular weight excluding hydrogens is 448 g/mol. The molecule has 0 radical (unpaired) electrons. The summed E-state index contributed by atoms with van der Waals surface area (Å²) in [5.74, 6) is 1.02. The highest BCUT2D eigenvalue weighted by Gasteiger charge is 2.33. The summed E-state index contributed by atoms with van der Waals surface area (Å²) in [6, 6.07) is 3.37. The van der Waals surface area contributed by atoms with Gasteiger partial charge in [-0.05, 0) is 25.0 Å². The van der Waals surface area contributed by atoms with E-state index in [1.807, 2.05) is 4.90 Å². The number of β-amino-alcohol motifs (C(OH)–C–C–N with tert-alkyl or cyclic N) is 1. The number of carbonyl (C=O) groups is 1. The van der Waals surface area contributed by atoms with Gasteiger partial charge in [0.2, 0.25) is 11.9 Å². The first-order valence-corrected chi connectivity index (χ1v) is 11.0. The van der Waals surface area contributed by atoms with Gasteiger partial charge in [-0.25, -0.2) is 4.98 Å². The number of hydrogen-bond acceptors (Lipinski definition) is 10. The predicted octanol–water partition coefficient (Wildman–Crippen LogP) is 0.946. The van der Waals surface area contributed by atoms with Gasteiger partial charge in [0, 0.05) is 31.7 Å². The Balaban J connectivity index is 1.46. The van der Waals surface area contributed by atoms with Crippen LogP contribution in [-0.2, 0) is 4.79 Å². The molecule has 33 heavy (non-hydrogen) atoms. The molecule has 13 heteroatoms. The lowest BCUT2D eigenvalue weighted by Gasteiger charge is -2.22. The van der Waals surface area contributed by atoms with Gasteiger partial charge in [0.15, 0.2) is 11.5 Å². The third-order valence-corrected chi connectivity index (χ3v) is 6.04. The van der Waals surface area contributed by atoms with Crippen molar-refractivity contribution in [3.8, 4) is 0 Å². The largest absolute Gasteiger partial charge is 0.399 e. The molecule has 12 nitrogen and oxygen atoms in total. The monoisotopic (exact) mass is 472 g/mol. The molecule has 8 N–H and O–H groups in total. The molecule has 2 atom stereocenters. The number of amides is 1. The van der Waals surface area contributed by atoms with Gasteiger partial charge in [-0.3, -0.25) is 4.79 Å². The lowest BCUT2D eigenvalue weighted by Crippen LogP contribution is -2.41. The lowest BCUT2D eigenvalue weighted by molar-refractivity contribution is -0.120. The highest BCUT2D eigenvalue weighted by Crippen LogP contribution is 2.38. The van der Waals surface area contributed by atoms with E-state index in [1.54, 1.807) is 12.1 Å². The Kier molecular flexibility index (Phi) is 5.25. The first kappa shape index (κ1) is 21.3. The zero-order chi connectivity index (χ0) is 23.3. The maximum absolute atomic E-state index is 11.4. The summed E-state index contributed by atoms with van der Waals surface area (Å²) >= 11 is 6.73. The first-order chi connectivity index (χ1) is 15.8. The standard InChI is InChI=1S/C20H25ClN10O2/c1-9(32)25-13-7-30(8-15(13)33)14-5-10(22)4-12(17(14)21)27-20-28-18(26-11-2-3-11)19-24-6-16(23)31(19)29-20/h4-6,11,13,15,33H,2-3,7-8,22-23H2,1H3,(H,25,32)(H2,26,27,28,29)/t13-,15-/m1/s1. The van der Waals surface area contributed by atoms with E-state index >= 15 is 0 Å². The van der Waals surface area contributed by atoms with E-state index in [2.05, 4.69) is 31.0 Å². The molecule has 0 unspecified atom stereocenters. The summed E-state index contributed by atoms with van der Waals surface area (Å²) < 4.78 is 1.51. The molecule has 1 aliphatic carbocycles. The van der Waals surface area contributed by atoms with Crippen molar-refractivity contribution < 1.29 is 9.90 Å². The van der Waals surface area contributed by atoms with Crippen LogP contribution in [0.15, 0.2) is 18.3 Å². The van der Waals surface area contributed by atoms with Crippen LogP contribution in [0, 0.1) is 0 Å². The van der Waals surface area contributed by atoms with Gasteiger partial charge >= 0.3 is 0 Å². The molecule has 174 valence electrons. The lowest BCUT2D eigenvalue weighted by atomic mass is 10.2. The average Bonchev–Trinajstić information content (AvgIpc) is 3.39. The van der Waals surface area contributed by atoms with E-state index in [0.29, 0.717) is 58.5 Å². The van der Waals surface area contributed by atoms with Crippen molar-refractivity contribution in [1.82, 2.24) is 24.9 Å². The van der Waals surface area contributed by atoms with E-state index in [0.717, 1.165) is 12.8 Å². The zero-order valence-electron chi connectivity index (χ0n) is 17.9. The highest BCUT2D eigenvalue weighted by molar-refractivity contribution is 6.36. The van der Waals surface area contributed by atoms with Gasteiger partial charge in [0.1, 0.15) is 5.82 Å². The number of anilines is 6. The van der Waals surface area contributed by atoms with Gasteiger partial charge in [-0.2, -0.15) is 9.50 Å². The van der Waals surface area contributed by atoms with Crippen molar-refractivity contribution in [3.05, 3.63) is 23.4 Å². The second-order valence-electron chi connectivity index (χ2n) is 8.43. The molecule has 2 aromatic heterocycles. The Morgan fingerprint density at radius 2 is 2.06 bits per heavy atom. The summed E-state index contributed by atoms with van der Waals surface area (Å²) in [5, 5.41) is 24.4. The smallest absolute Gasteiger partial charge is 0.247 e. The second kappa shape index (κ2) is 8.12. The topological polar surface area (TPSA) is 172 Å². The molecule has 0 spiro atoms. The first-order valence-electron chi connectivity index (χ1n) is 10.6. The minimum absolute atomic E-state index is 0.205. The molecule has 1 amide bonds. The van der Waals surface area contributed by atoms with Gasteiger partial charge in [-0.1, -0.05) is 11.6 Å². The number of aliphatic hydroxyl groups excluding tert-OH is 1. The van der Waals surface area contributed by atoms with Crippen LogP contribution in [0.1, 0.15) is 19.8 Å². The average molecular weight is 473 g/mol. The molecule has 5 rings (SSSR count). The SMILES string of the molecule is CC(=O)N[C@@H]1CN(c2cc(N)cc(Nc3nc(NC4CC4)c4ncc(N)n4n3)c2Cl)C[C@H]1O. The van der Waals surface area contributed by atoms with E-state index in [9.17, 15) is 9.90 Å². The van der Waals surface area contributed by atoms with E-state index in [4.69, 9.17) is 23.1 Å². The fourth-order valence-corrected chi connectivity index (χ4v) is 4.20. The number of imidazole rings is 1. The summed E-state index contributed by atoms with van der Waals surface area (Å²) in [7, 11) is 0. The van der Waals surface area contributed by atoms with E-state index < -0.39 is 12.1 Å². The predicted molar refractivity (Wildman–Crippen MR) is 127 cm³/mol. The summed E-state index contributed by atoms with van der Waals surface area (Å²) in [6.07, 6.45) is 2.94. The minimum atomic E-state index is -0.728. The van der Waals surface area contributed by atoms with Crippen LogP contribution < -0.4 is 32.3 Å². The minimum Gasteiger partial charge on any atom is -0.399 e. The summed E-state index contributed by atoms with van der Waals surface area (Å²) in [4.78, 5) is 22.2. The number of carbonyl (C=O) groups excluding carboxylic acids is 1. The van der Waals surface area contributed by atoms with Crippen molar-refractivity contribution >= 4 is 57.8 Å². The number of rotatable bonds is 6. The van der Waals surface area contributed by atoms with Gasteiger partial charge in [0.25, 0.3) is 0 Å². The Labute approximate surface area is 194 Å². The number of nitrogens with zero attached hydrogens (tertiary/aromatic N) is 5. The fraction of sp³-hybridized carbons (Fsp3) is 0.400. The number of nitrogen functional groups attached to an aromatic ring is 2. The third kappa shape index (κ3) is 4.26. The molecule has 3 aromatic rings. The quantitative estimate of drug-likeness (QED) is 0.283. The maximum Gasteiger partial charge on any atom is 0.247 e.